The van der Waals surface area contributed by atoms with E-state index in [1.165, 1.54) is 267 Å². The van der Waals surface area contributed by atoms with E-state index in [9.17, 15) is 0 Å². The Labute approximate surface area is 427 Å². The first kappa shape index (κ1) is 60.0. The predicted molar refractivity (Wildman–Crippen MR) is 304 cm³/mol. The molecule has 0 heterocycles. The molecule has 0 saturated carbocycles. The minimum atomic E-state index is -3.29. The van der Waals surface area contributed by atoms with Gasteiger partial charge in [0, 0.05) is 11.8 Å². The Bertz CT molecular complexity index is 1450. The summed E-state index contributed by atoms with van der Waals surface area (Å²) in [5.41, 5.74) is 3.85. The van der Waals surface area contributed by atoms with E-state index in [1.807, 2.05) is 18.2 Å². The maximum absolute atomic E-state index is 6.70. The van der Waals surface area contributed by atoms with Crippen molar-refractivity contribution in [2.24, 2.45) is 0 Å². The normalized spacial score (nSPS) is 11.6. The van der Waals surface area contributed by atoms with Crippen LogP contribution >= 0.6 is 6.72 Å². The van der Waals surface area contributed by atoms with Gasteiger partial charge in [0.05, 0.1) is 0 Å². The summed E-state index contributed by atoms with van der Waals surface area (Å²) in [6, 6.07) is 25.5. The molecule has 0 aromatic heterocycles. The summed E-state index contributed by atoms with van der Waals surface area (Å²) >= 11 is 6.31. The van der Waals surface area contributed by atoms with Crippen LogP contribution in [0, 0.1) is 0 Å². The van der Waals surface area contributed by atoms with E-state index < -0.39 is 6.72 Å². The van der Waals surface area contributed by atoms with Gasteiger partial charge >= 0.3 is 6.72 Å². The standard InChI is InChI=1S/C63H105O3PS/c1-4-7-10-13-16-19-22-25-28-31-34-37-40-46-58-49-43-52-61(55-58)64-67(68,65-62-53-44-50-59(56-62)47-41-38-35-32-29-26-23-20-17-14-11-8-5-2)66-63-54-45-51-60(57-63)48-42-39-36-33-30-27-24-21-18-15-12-9-6-3/h43-45,49-57H,4-42,46-48H2,1-3H3. The molecule has 0 bridgehead atoms. The highest BCUT2D eigenvalue weighted by molar-refractivity contribution is 8.08. The topological polar surface area (TPSA) is 27.7 Å². The Morgan fingerprint density at radius 1 is 0.279 bits per heavy atom. The molecule has 0 N–H and O–H groups in total. The molecule has 0 radical (unpaired) electrons. The molecule has 0 saturated heterocycles. The van der Waals surface area contributed by atoms with Crippen LogP contribution in [0.5, 0.6) is 17.2 Å². The lowest BCUT2D eigenvalue weighted by Crippen LogP contribution is -2.08. The van der Waals surface area contributed by atoms with Gasteiger partial charge < -0.3 is 13.6 Å². The van der Waals surface area contributed by atoms with Gasteiger partial charge in [-0.3, -0.25) is 0 Å². The van der Waals surface area contributed by atoms with Crippen molar-refractivity contribution in [3.63, 3.8) is 0 Å². The van der Waals surface area contributed by atoms with Gasteiger partial charge in [-0.1, -0.05) is 288 Å². The lowest BCUT2D eigenvalue weighted by Gasteiger charge is -2.24. The Morgan fingerprint density at radius 2 is 0.471 bits per heavy atom. The van der Waals surface area contributed by atoms with Crippen LogP contribution in [-0.4, -0.2) is 0 Å². The van der Waals surface area contributed by atoms with Crippen LogP contribution < -0.4 is 13.6 Å². The minimum absolute atomic E-state index is 0.729. The third-order valence-corrected chi connectivity index (χ3v) is 16.0. The summed E-state index contributed by atoms with van der Waals surface area (Å²) in [7, 11) is 0. The molecule has 3 rings (SSSR count). The lowest BCUT2D eigenvalue weighted by molar-refractivity contribution is 0.383. The fourth-order valence-corrected chi connectivity index (χ4v) is 11.8. The smallest absolute Gasteiger partial charge is 0.407 e. The first-order valence-corrected chi connectivity index (χ1v) is 32.0. The van der Waals surface area contributed by atoms with E-state index >= 15 is 0 Å². The highest BCUT2D eigenvalue weighted by atomic mass is 32.5. The maximum atomic E-state index is 6.70. The molecule has 3 aromatic carbocycles. The minimum Gasteiger partial charge on any atom is -0.407 e. The molecule has 0 aliphatic carbocycles. The zero-order valence-electron chi connectivity index (χ0n) is 44.7. The molecule has 68 heavy (non-hydrogen) atoms. The summed E-state index contributed by atoms with van der Waals surface area (Å²) in [4.78, 5) is 0. The summed E-state index contributed by atoms with van der Waals surface area (Å²) in [6.07, 6.45) is 56.5. The van der Waals surface area contributed by atoms with Gasteiger partial charge in [0.2, 0.25) is 0 Å². The molecule has 386 valence electrons. The van der Waals surface area contributed by atoms with Crippen molar-refractivity contribution in [2.45, 2.75) is 290 Å². The molecule has 0 fully saturated rings. The second-order valence-electron chi connectivity index (χ2n) is 20.6. The molecule has 0 amide bonds. The highest BCUT2D eigenvalue weighted by Gasteiger charge is 2.27. The zero-order chi connectivity index (χ0) is 48.3. The van der Waals surface area contributed by atoms with Crippen molar-refractivity contribution in [1.29, 1.82) is 0 Å². The first-order valence-electron chi connectivity index (χ1n) is 29.5. The number of aryl methyl sites for hydroxylation is 3. The largest absolute Gasteiger partial charge is 0.490 e. The first-order chi connectivity index (χ1) is 33.5. The van der Waals surface area contributed by atoms with Crippen molar-refractivity contribution >= 4 is 18.5 Å². The SMILES string of the molecule is CCCCCCCCCCCCCCCc1cccc(OP(=S)(Oc2cccc(CCCCCCCCCCCCCCC)c2)Oc2cccc(CCCCCCCCCCCCCCC)c2)c1. The number of rotatable bonds is 48. The molecule has 3 aromatic rings. The van der Waals surface area contributed by atoms with Crippen LogP contribution in [0.1, 0.15) is 288 Å². The second-order valence-corrected chi connectivity index (χ2v) is 23.4. The highest BCUT2D eigenvalue weighted by Crippen LogP contribution is 2.50. The Kier molecular flexibility index (Phi) is 37.4. The van der Waals surface area contributed by atoms with Crippen molar-refractivity contribution in [3.8, 4) is 17.2 Å². The van der Waals surface area contributed by atoms with E-state index in [0.717, 1.165) is 36.5 Å². The number of hydrogen-bond donors (Lipinski definition) is 0. The predicted octanol–water partition coefficient (Wildman–Crippen LogP) is 22.3. The monoisotopic (exact) mass is 973 g/mol. The maximum Gasteiger partial charge on any atom is 0.490 e. The summed E-state index contributed by atoms with van der Waals surface area (Å²) in [5.74, 6) is 2.19. The fourth-order valence-electron chi connectivity index (χ4n) is 9.76. The summed E-state index contributed by atoms with van der Waals surface area (Å²) < 4.78 is 20.1. The Morgan fingerprint density at radius 3 is 0.676 bits per heavy atom. The summed E-state index contributed by atoms with van der Waals surface area (Å²) in [6.45, 7) is 3.60. The van der Waals surface area contributed by atoms with Crippen LogP contribution in [0.3, 0.4) is 0 Å². The van der Waals surface area contributed by atoms with E-state index in [-0.39, 0.29) is 0 Å². The van der Waals surface area contributed by atoms with Gasteiger partial charge in [0.1, 0.15) is 17.2 Å². The third kappa shape index (κ3) is 32.6. The molecule has 0 aliphatic rings. The van der Waals surface area contributed by atoms with Crippen molar-refractivity contribution in [1.82, 2.24) is 0 Å². The van der Waals surface area contributed by atoms with Crippen molar-refractivity contribution in [3.05, 3.63) is 89.5 Å². The van der Waals surface area contributed by atoms with Crippen LogP contribution in [-0.2, 0) is 31.1 Å². The van der Waals surface area contributed by atoms with Crippen LogP contribution in [0.4, 0.5) is 0 Å². The molecule has 0 unspecified atom stereocenters. The van der Waals surface area contributed by atoms with Gasteiger partial charge in [-0.25, -0.2) is 0 Å². The van der Waals surface area contributed by atoms with Crippen LogP contribution in [0.15, 0.2) is 72.8 Å². The molecule has 5 heteroatoms. The van der Waals surface area contributed by atoms with Gasteiger partial charge in [-0.15, -0.1) is 0 Å². The van der Waals surface area contributed by atoms with E-state index in [4.69, 9.17) is 25.4 Å². The molecular formula is C63H105O3PS. The number of unbranched alkanes of at least 4 members (excludes halogenated alkanes) is 36. The lowest BCUT2D eigenvalue weighted by atomic mass is 10.0. The molecule has 0 aliphatic heterocycles. The van der Waals surface area contributed by atoms with E-state index in [0.29, 0.717) is 0 Å². The Hall–Kier alpha value is -2.29. The zero-order valence-corrected chi connectivity index (χ0v) is 46.4. The van der Waals surface area contributed by atoms with Gasteiger partial charge in [-0.2, -0.15) is 0 Å². The average Bonchev–Trinajstić information content (AvgIpc) is 3.33. The van der Waals surface area contributed by atoms with E-state index in [2.05, 4.69) is 75.4 Å². The van der Waals surface area contributed by atoms with Gasteiger partial charge in [0.25, 0.3) is 0 Å². The fraction of sp³-hybridized carbons (Fsp3) is 0.714. The average molecular weight is 974 g/mol. The third-order valence-electron chi connectivity index (χ3n) is 14.1. The van der Waals surface area contributed by atoms with Gasteiger partial charge in [0.15, 0.2) is 0 Å². The number of benzene rings is 3. The molecule has 3 nitrogen and oxygen atoms in total. The van der Waals surface area contributed by atoms with Crippen LogP contribution in [0.2, 0.25) is 0 Å². The van der Waals surface area contributed by atoms with Gasteiger partial charge in [-0.05, 0) is 91.6 Å². The van der Waals surface area contributed by atoms with Crippen molar-refractivity contribution < 1.29 is 13.6 Å². The van der Waals surface area contributed by atoms with Crippen LogP contribution in [0.25, 0.3) is 0 Å². The second kappa shape index (κ2) is 42.4. The number of hydrogen-bond acceptors (Lipinski definition) is 4. The Balaban J connectivity index is 1.50. The quantitative estimate of drug-likeness (QED) is 0.0416. The van der Waals surface area contributed by atoms with Crippen molar-refractivity contribution in [2.75, 3.05) is 0 Å². The molecular weight excluding hydrogens is 868 g/mol. The summed E-state index contributed by atoms with van der Waals surface area (Å²) in [5, 5.41) is 0. The molecule has 0 atom stereocenters. The van der Waals surface area contributed by atoms with E-state index in [1.54, 1.807) is 0 Å². The molecule has 0 spiro atoms.